The Morgan fingerprint density at radius 2 is 2.12 bits per heavy atom. The number of benzene rings is 1. The summed E-state index contributed by atoms with van der Waals surface area (Å²) in [7, 11) is 0. The van der Waals surface area contributed by atoms with Gasteiger partial charge >= 0.3 is 5.63 Å². The van der Waals surface area contributed by atoms with Crippen LogP contribution >= 0.6 is 0 Å². The van der Waals surface area contributed by atoms with Gasteiger partial charge in [-0.3, -0.25) is 4.98 Å². The molecule has 0 fully saturated rings. The zero-order valence-electron chi connectivity index (χ0n) is 13.3. The lowest BCUT2D eigenvalue weighted by molar-refractivity contribution is -0.0890. The van der Waals surface area contributed by atoms with Crippen LogP contribution in [-0.4, -0.2) is 17.9 Å². The van der Waals surface area contributed by atoms with Crippen molar-refractivity contribution in [2.45, 2.75) is 25.6 Å². The van der Waals surface area contributed by atoms with E-state index in [1.807, 2.05) is 37.3 Å². The molecule has 0 unspecified atom stereocenters. The van der Waals surface area contributed by atoms with E-state index < -0.39 is 6.29 Å². The first-order chi connectivity index (χ1) is 11.8. The number of aromatic nitrogens is 1. The molecule has 3 heterocycles. The third-order valence-electron chi connectivity index (χ3n) is 4.26. The van der Waals surface area contributed by atoms with Crippen LogP contribution in [0.4, 0.5) is 0 Å². The molecule has 3 aromatic rings. The highest BCUT2D eigenvalue weighted by Gasteiger charge is 2.34. The van der Waals surface area contributed by atoms with Gasteiger partial charge in [-0.2, -0.15) is 0 Å². The summed E-state index contributed by atoms with van der Waals surface area (Å²) in [5, 5.41) is 0.783. The summed E-state index contributed by atoms with van der Waals surface area (Å²) in [5.41, 5.74) is 1.64. The van der Waals surface area contributed by atoms with Gasteiger partial charge in [-0.1, -0.05) is 18.2 Å². The SMILES string of the molecule is CCO[C@@H]1C[C@H](c2cccnc2)c2c(c3ccccc3oc2=O)O1. The minimum absolute atomic E-state index is 0.167. The molecule has 5 nitrogen and oxygen atoms in total. The maximum absolute atomic E-state index is 12.6. The van der Waals surface area contributed by atoms with E-state index >= 15 is 0 Å². The highest BCUT2D eigenvalue weighted by atomic mass is 16.7. The summed E-state index contributed by atoms with van der Waals surface area (Å²) in [6.45, 7) is 2.47. The summed E-state index contributed by atoms with van der Waals surface area (Å²) in [6.07, 6.45) is 3.64. The van der Waals surface area contributed by atoms with Crippen LogP contribution in [0.1, 0.15) is 30.4 Å². The Morgan fingerprint density at radius 3 is 2.92 bits per heavy atom. The van der Waals surface area contributed by atoms with Crippen molar-refractivity contribution < 1.29 is 13.9 Å². The molecule has 1 aromatic carbocycles. The topological polar surface area (TPSA) is 61.6 Å². The molecule has 0 N–H and O–H groups in total. The van der Waals surface area contributed by atoms with Gasteiger partial charge in [0.25, 0.3) is 0 Å². The number of hydrogen-bond donors (Lipinski definition) is 0. The zero-order chi connectivity index (χ0) is 16.5. The molecule has 0 bridgehead atoms. The Hall–Kier alpha value is -2.66. The first kappa shape index (κ1) is 14.9. The average Bonchev–Trinajstić information content (AvgIpc) is 2.62. The number of nitrogens with zero attached hydrogens (tertiary/aromatic N) is 1. The molecule has 24 heavy (non-hydrogen) atoms. The van der Waals surface area contributed by atoms with Gasteiger partial charge in [0.15, 0.2) is 0 Å². The van der Waals surface area contributed by atoms with Gasteiger partial charge in [0.05, 0.1) is 10.9 Å². The largest absolute Gasteiger partial charge is 0.464 e. The molecule has 0 saturated heterocycles. The van der Waals surface area contributed by atoms with Gasteiger partial charge in [0.2, 0.25) is 6.29 Å². The van der Waals surface area contributed by atoms with E-state index in [1.54, 1.807) is 18.5 Å². The predicted octanol–water partition coefficient (Wildman–Crippen LogP) is 3.47. The quantitative estimate of drug-likeness (QED) is 0.691. The van der Waals surface area contributed by atoms with Crippen molar-refractivity contribution >= 4 is 11.0 Å². The van der Waals surface area contributed by atoms with E-state index in [4.69, 9.17) is 13.9 Å². The molecule has 2 aromatic heterocycles. The van der Waals surface area contributed by atoms with Crippen molar-refractivity contribution in [3.63, 3.8) is 0 Å². The van der Waals surface area contributed by atoms with E-state index in [1.165, 1.54) is 0 Å². The van der Waals surface area contributed by atoms with Gasteiger partial charge in [-0.05, 0) is 30.7 Å². The average molecular weight is 323 g/mol. The van der Waals surface area contributed by atoms with Crippen LogP contribution in [0.5, 0.6) is 5.75 Å². The minimum atomic E-state index is -0.405. The molecule has 5 heteroatoms. The van der Waals surface area contributed by atoms with E-state index in [0.29, 0.717) is 29.9 Å². The number of ether oxygens (including phenoxy) is 2. The Labute approximate surface area is 138 Å². The van der Waals surface area contributed by atoms with Crippen LogP contribution in [0, 0.1) is 0 Å². The lowest BCUT2D eigenvalue weighted by Gasteiger charge is -2.31. The number of rotatable bonds is 3. The van der Waals surface area contributed by atoms with Crippen LogP contribution in [-0.2, 0) is 4.74 Å². The standard InChI is InChI=1S/C19H17NO4/c1-2-22-16-10-14(12-6-5-9-20-11-12)17-18(24-16)13-7-3-4-8-15(13)23-19(17)21/h3-9,11,14,16H,2,10H2,1H3/t14-,16+/m1/s1. The second-order valence-electron chi connectivity index (χ2n) is 5.71. The van der Waals surface area contributed by atoms with E-state index in [0.717, 1.165) is 10.9 Å². The smallest absolute Gasteiger partial charge is 0.343 e. The molecule has 1 aliphatic rings. The second-order valence-corrected chi connectivity index (χ2v) is 5.71. The van der Waals surface area contributed by atoms with Gasteiger partial charge in [-0.15, -0.1) is 0 Å². The maximum atomic E-state index is 12.6. The summed E-state index contributed by atoms with van der Waals surface area (Å²) in [4.78, 5) is 16.8. The van der Waals surface area contributed by atoms with Crippen molar-refractivity contribution in [1.82, 2.24) is 4.98 Å². The first-order valence-electron chi connectivity index (χ1n) is 8.02. The number of pyridine rings is 1. The van der Waals surface area contributed by atoms with Crippen LogP contribution in [0.2, 0.25) is 0 Å². The molecule has 0 amide bonds. The minimum Gasteiger partial charge on any atom is -0.464 e. The molecule has 0 saturated carbocycles. The second kappa shape index (κ2) is 6.09. The van der Waals surface area contributed by atoms with Crippen LogP contribution in [0.3, 0.4) is 0 Å². The normalized spacial score (nSPS) is 19.7. The molecule has 1 aliphatic heterocycles. The fraction of sp³-hybridized carbons (Fsp3) is 0.263. The first-order valence-corrected chi connectivity index (χ1v) is 8.02. The van der Waals surface area contributed by atoms with Crippen molar-refractivity contribution in [3.8, 4) is 5.75 Å². The number of hydrogen-bond acceptors (Lipinski definition) is 5. The molecular formula is C19H17NO4. The van der Waals surface area contributed by atoms with Crippen molar-refractivity contribution in [1.29, 1.82) is 0 Å². The third kappa shape index (κ3) is 2.47. The van der Waals surface area contributed by atoms with Crippen molar-refractivity contribution in [2.75, 3.05) is 6.61 Å². The molecule has 2 atom stereocenters. The fourth-order valence-corrected chi connectivity index (χ4v) is 3.23. The maximum Gasteiger partial charge on any atom is 0.343 e. The van der Waals surface area contributed by atoms with E-state index in [9.17, 15) is 4.79 Å². The Morgan fingerprint density at radius 1 is 1.25 bits per heavy atom. The summed E-state index contributed by atoms with van der Waals surface area (Å²) in [6, 6.07) is 11.2. The van der Waals surface area contributed by atoms with Gasteiger partial charge in [0.1, 0.15) is 11.3 Å². The van der Waals surface area contributed by atoms with Crippen LogP contribution in [0.15, 0.2) is 58.0 Å². The van der Waals surface area contributed by atoms with Crippen molar-refractivity contribution in [3.05, 3.63) is 70.3 Å². The lowest BCUT2D eigenvalue weighted by atomic mass is 9.87. The van der Waals surface area contributed by atoms with Crippen molar-refractivity contribution in [2.24, 2.45) is 0 Å². The monoisotopic (exact) mass is 323 g/mol. The number of para-hydroxylation sites is 1. The zero-order valence-corrected chi connectivity index (χ0v) is 13.3. The molecule has 4 rings (SSSR count). The Balaban J connectivity index is 1.95. The molecule has 0 spiro atoms. The molecular weight excluding hydrogens is 306 g/mol. The fourth-order valence-electron chi connectivity index (χ4n) is 3.23. The summed E-state index contributed by atoms with van der Waals surface area (Å²) in [5.74, 6) is 0.389. The van der Waals surface area contributed by atoms with Crippen LogP contribution in [0.25, 0.3) is 11.0 Å². The lowest BCUT2D eigenvalue weighted by Crippen LogP contribution is -2.32. The van der Waals surface area contributed by atoms with E-state index in [2.05, 4.69) is 4.98 Å². The van der Waals surface area contributed by atoms with Gasteiger partial charge in [0, 0.05) is 31.3 Å². The van der Waals surface area contributed by atoms with Crippen LogP contribution < -0.4 is 10.4 Å². The molecule has 122 valence electrons. The Kier molecular flexibility index (Phi) is 3.78. The van der Waals surface area contributed by atoms with Gasteiger partial charge in [-0.25, -0.2) is 4.79 Å². The Bertz CT molecular complexity index is 920. The third-order valence-corrected chi connectivity index (χ3v) is 4.26. The number of fused-ring (bicyclic) bond motifs is 3. The molecule has 0 aliphatic carbocycles. The highest BCUT2D eigenvalue weighted by Crippen LogP contribution is 2.42. The highest BCUT2D eigenvalue weighted by molar-refractivity contribution is 5.85. The summed E-state index contributed by atoms with van der Waals surface area (Å²) >= 11 is 0. The van der Waals surface area contributed by atoms with E-state index in [-0.39, 0.29) is 11.5 Å². The summed E-state index contributed by atoms with van der Waals surface area (Å²) < 4.78 is 17.2. The van der Waals surface area contributed by atoms with Gasteiger partial charge < -0.3 is 13.9 Å². The predicted molar refractivity (Wildman–Crippen MR) is 89.2 cm³/mol. The molecule has 0 radical (unpaired) electrons.